The number of phenolic OH excluding ortho intramolecular Hbond substituents is 5. The second-order valence-electron chi connectivity index (χ2n) is 15.6. The highest BCUT2D eigenvalue weighted by Crippen LogP contribution is 2.35. The van der Waals surface area contributed by atoms with Gasteiger partial charge in [-0.15, -0.1) is 0 Å². The van der Waals surface area contributed by atoms with E-state index in [2.05, 4.69) is 0 Å². The molecule has 3 aromatic rings. The van der Waals surface area contributed by atoms with E-state index in [0.29, 0.717) is 11.1 Å². The normalized spacial score (nSPS) is 33.0. The lowest BCUT2D eigenvalue weighted by Gasteiger charge is -2.48. The van der Waals surface area contributed by atoms with Crippen molar-refractivity contribution in [3.8, 4) is 28.7 Å². The van der Waals surface area contributed by atoms with Gasteiger partial charge in [0.15, 0.2) is 54.1 Å². The maximum atomic E-state index is 13.7. The van der Waals surface area contributed by atoms with Gasteiger partial charge in [-0.1, -0.05) is 24.3 Å². The number of ether oxygens (including phenoxy) is 8. The monoisotopic (exact) mass is 916 g/mol. The van der Waals surface area contributed by atoms with Crippen LogP contribution in [0.4, 0.5) is 0 Å². The molecule has 3 aromatic carbocycles. The molecule has 0 spiro atoms. The van der Waals surface area contributed by atoms with E-state index in [9.17, 15) is 65.8 Å². The highest BCUT2D eigenvalue weighted by atomic mass is 16.8. The number of esters is 2. The van der Waals surface area contributed by atoms with Crippen LogP contribution >= 0.6 is 0 Å². The Bertz CT molecular complexity index is 2130. The van der Waals surface area contributed by atoms with Gasteiger partial charge in [0.2, 0.25) is 0 Å². The summed E-state index contributed by atoms with van der Waals surface area (Å²) in [7, 11) is 0. The molecule has 0 aromatic heterocycles. The van der Waals surface area contributed by atoms with E-state index < -0.39 is 128 Å². The van der Waals surface area contributed by atoms with Crippen LogP contribution in [0.3, 0.4) is 0 Å². The molecule has 0 radical (unpaired) electrons. The number of phenols is 5. The number of aliphatic hydroxyl groups is 6. The van der Waals surface area contributed by atoms with E-state index in [4.69, 9.17) is 37.9 Å². The Morgan fingerprint density at radius 1 is 0.554 bits per heavy atom. The number of hydrogen-bond acceptors (Lipinski definition) is 21. The zero-order chi connectivity index (χ0) is 47.1. The number of carbonyl (C=O) groups excluding carboxylic acids is 2. The van der Waals surface area contributed by atoms with Crippen LogP contribution in [-0.4, -0.2) is 173 Å². The quantitative estimate of drug-likeness (QED) is 0.0534. The maximum Gasteiger partial charge on any atom is 0.331 e. The van der Waals surface area contributed by atoms with Crippen molar-refractivity contribution in [1.82, 2.24) is 0 Å². The lowest BCUT2D eigenvalue weighted by molar-refractivity contribution is -0.363. The largest absolute Gasteiger partial charge is 0.508 e. The summed E-state index contributed by atoms with van der Waals surface area (Å²) in [6, 6.07) is 13.5. The Labute approximate surface area is 371 Å². The first-order valence-electron chi connectivity index (χ1n) is 20.4. The average Bonchev–Trinajstić information content (AvgIpc) is 3.28. The van der Waals surface area contributed by atoms with Gasteiger partial charge in [0.1, 0.15) is 54.6 Å². The fourth-order valence-electron chi connectivity index (χ4n) is 7.11. The minimum Gasteiger partial charge on any atom is -0.508 e. The van der Waals surface area contributed by atoms with Crippen LogP contribution in [0, 0.1) is 0 Å². The fraction of sp³-hybridized carbons (Fsp3) is 0.455. The van der Waals surface area contributed by atoms with Crippen molar-refractivity contribution in [2.45, 2.75) is 112 Å². The van der Waals surface area contributed by atoms with Gasteiger partial charge in [0.25, 0.3) is 0 Å². The van der Waals surface area contributed by atoms with Gasteiger partial charge in [-0.2, -0.15) is 0 Å². The summed E-state index contributed by atoms with van der Waals surface area (Å²) >= 11 is 0. The van der Waals surface area contributed by atoms with Crippen molar-refractivity contribution in [2.75, 3.05) is 13.2 Å². The second kappa shape index (κ2) is 21.7. The Hall–Kier alpha value is -5.40. The molecule has 65 heavy (non-hydrogen) atoms. The van der Waals surface area contributed by atoms with Crippen LogP contribution < -0.4 is 0 Å². The summed E-state index contributed by atoms with van der Waals surface area (Å²) in [5.74, 6) is -3.89. The summed E-state index contributed by atoms with van der Waals surface area (Å²) in [6.45, 7) is 1.87. The molecule has 0 bridgehead atoms. The molecular formula is C44H52O21. The smallest absolute Gasteiger partial charge is 0.331 e. The molecule has 0 amide bonds. The van der Waals surface area contributed by atoms with Gasteiger partial charge in [0, 0.05) is 12.2 Å². The van der Waals surface area contributed by atoms with Crippen LogP contribution in [0.2, 0.25) is 0 Å². The van der Waals surface area contributed by atoms with E-state index in [1.807, 2.05) is 0 Å². The van der Waals surface area contributed by atoms with Gasteiger partial charge in [0.05, 0.1) is 25.4 Å². The molecule has 3 aliphatic rings. The number of carbonyl (C=O) groups is 2. The van der Waals surface area contributed by atoms with Crippen LogP contribution in [-0.2, 0) is 53.9 Å². The zero-order valence-corrected chi connectivity index (χ0v) is 34.9. The second-order valence-corrected chi connectivity index (χ2v) is 15.6. The minimum absolute atomic E-state index is 0.0336. The van der Waals surface area contributed by atoms with Crippen molar-refractivity contribution >= 4 is 24.1 Å². The molecule has 3 aliphatic heterocycles. The number of rotatable bonds is 15. The predicted molar refractivity (Wildman–Crippen MR) is 219 cm³/mol. The van der Waals surface area contributed by atoms with E-state index in [1.165, 1.54) is 80.6 Å². The molecule has 0 aliphatic carbocycles. The number of hydrogen-bond donors (Lipinski definition) is 11. The van der Waals surface area contributed by atoms with Gasteiger partial charge in [-0.3, -0.25) is 0 Å². The number of aromatic hydroxyl groups is 5. The molecule has 21 nitrogen and oxygen atoms in total. The molecule has 3 saturated heterocycles. The van der Waals surface area contributed by atoms with Gasteiger partial charge >= 0.3 is 11.9 Å². The number of benzene rings is 3. The molecule has 3 heterocycles. The van der Waals surface area contributed by atoms with E-state index in [-0.39, 0.29) is 30.1 Å². The van der Waals surface area contributed by atoms with Crippen LogP contribution in [0.1, 0.15) is 30.5 Å². The summed E-state index contributed by atoms with van der Waals surface area (Å²) in [6.07, 6.45) is -20.0. The first kappa shape index (κ1) is 49.0. The molecular weight excluding hydrogens is 864 g/mol. The standard InChI is InChI=1S/C44H52O21/c1-20-33(52)35(54)37(56)42(60-20)59-19-30-39(63-31(50)14-8-23-5-11-26(46)28(48)17-23)40(65-43-38(57)36(55)34(53)21(2)61-43)41(64-32(51)13-7-22-3-9-25(45)10-4-22)44(62-30)58-16-15-24-6-12-27(47)29(49)18-24/h3-14,17-18,20-21,30,33-49,52-57H,15-16,19H2,1-2H3/b13-7+,14-8+/t20-,21-,30+,33-,34-,35+,36+,37+,38+,39+,40-,41+,42+,43-,44+/m0/s1. The molecule has 21 heteroatoms. The lowest BCUT2D eigenvalue weighted by atomic mass is 9.96. The summed E-state index contributed by atoms with van der Waals surface area (Å²) < 4.78 is 47.8. The highest BCUT2D eigenvalue weighted by Gasteiger charge is 2.55. The van der Waals surface area contributed by atoms with Gasteiger partial charge < -0.3 is 94.1 Å². The van der Waals surface area contributed by atoms with E-state index >= 15 is 0 Å². The molecule has 11 N–H and O–H groups in total. The lowest BCUT2D eigenvalue weighted by Crippen LogP contribution is -2.66. The third-order valence-corrected chi connectivity index (χ3v) is 10.9. The van der Waals surface area contributed by atoms with Crippen molar-refractivity contribution in [3.63, 3.8) is 0 Å². The highest BCUT2D eigenvalue weighted by molar-refractivity contribution is 5.88. The van der Waals surface area contributed by atoms with Crippen molar-refractivity contribution in [2.24, 2.45) is 0 Å². The predicted octanol–water partition coefficient (Wildman–Crippen LogP) is -0.194. The average molecular weight is 917 g/mol. The number of aliphatic hydroxyl groups excluding tert-OH is 6. The first-order chi connectivity index (χ1) is 30.9. The van der Waals surface area contributed by atoms with E-state index in [0.717, 1.165) is 18.2 Å². The SMILES string of the molecule is C[C@@H]1O[C@@H](OC[C@H]2O[C@@H](OCCc3ccc(O)c(O)c3)[C@H](OC(=O)/C=C/c3ccc(O)cc3)[C@@H](O[C@@H]3O[C@@H](C)[C@H](O)[C@@H](O)[C@H]3O)[C@@H]2OC(=O)/C=C/c2ccc(O)c(O)c2)[C@H](O)[C@H](O)[C@H]1O. The molecule has 6 rings (SSSR count). The Kier molecular flexibility index (Phi) is 16.4. The first-order valence-corrected chi connectivity index (χ1v) is 20.4. The Morgan fingerprint density at radius 2 is 1.09 bits per heavy atom. The fourth-order valence-corrected chi connectivity index (χ4v) is 7.11. The van der Waals surface area contributed by atoms with Crippen molar-refractivity contribution in [3.05, 3.63) is 89.5 Å². The van der Waals surface area contributed by atoms with Crippen molar-refractivity contribution in [1.29, 1.82) is 0 Å². The minimum atomic E-state index is -1.95. The summed E-state index contributed by atoms with van der Waals surface area (Å²) in [5.41, 5.74) is 1.19. The van der Waals surface area contributed by atoms with Gasteiger partial charge in [-0.05, 0) is 85.5 Å². The zero-order valence-electron chi connectivity index (χ0n) is 34.9. The van der Waals surface area contributed by atoms with Crippen molar-refractivity contribution < 1.29 is 104 Å². The third-order valence-electron chi connectivity index (χ3n) is 10.9. The Morgan fingerprint density at radius 3 is 1.71 bits per heavy atom. The van der Waals surface area contributed by atoms with Gasteiger partial charge in [-0.25, -0.2) is 9.59 Å². The van der Waals surface area contributed by atoms with Crippen LogP contribution in [0.15, 0.2) is 72.8 Å². The summed E-state index contributed by atoms with van der Waals surface area (Å²) in [5, 5.41) is 113. The Balaban J connectivity index is 1.39. The topological polar surface area (TPSA) is 331 Å². The van der Waals surface area contributed by atoms with E-state index in [1.54, 1.807) is 0 Å². The summed E-state index contributed by atoms with van der Waals surface area (Å²) in [4.78, 5) is 27.4. The maximum absolute atomic E-state index is 13.7. The molecule has 3 fully saturated rings. The molecule has 15 atom stereocenters. The molecule has 0 saturated carbocycles. The van der Waals surface area contributed by atoms with Crippen LogP contribution in [0.5, 0.6) is 28.7 Å². The third kappa shape index (κ3) is 12.3. The van der Waals surface area contributed by atoms with Crippen LogP contribution in [0.25, 0.3) is 12.2 Å². The molecule has 0 unspecified atom stereocenters. The molecule has 354 valence electrons.